The van der Waals surface area contributed by atoms with Crippen LogP contribution in [0.5, 0.6) is 0 Å². The third-order valence-corrected chi connectivity index (χ3v) is 4.70. The van der Waals surface area contributed by atoms with Gasteiger partial charge in [0.05, 0.1) is 12.5 Å². The van der Waals surface area contributed by atoms with E-state index in [-0.39, 0.29) is 17.9 Å². The Bertz CT molecular complexity index is 556. The van der Waals surface area contributed by atoms with Crippen LogP contribution in [0.15, 0.2) is 18.5 Å². The van der Waals surface area contributed by atoms with Gasteiger partial charge in [-0.15, -0.1) is 10.2 Å². The summed E-state index contributed by atoms with van der Waals surface area (Å²) in [6.45, 7) is 1.88. The Morgan fingerprint density at radius 3 is 3.05 bits per heavy atom. The van der Waals surface area contributed by atoms with Crippen LogP contribution in [-0.2, 0) is 22.5 Å². The minimum absolute atomic E-state index is 0.0413. The van der Waals surface area contributed by atoms with Crippen LogP contribution in [0.4, 0.5) is 0 Å². The fourth-order valence-electron chi connectivity index (χ4n) is 3.49. The second-order valence-electron chi connectivity index (χ2n) is 6.03. The van der Waals surface area contributed by atoms with Gasteiger partial charge in [-0.05, 0) is 18.3 Å². The number of ether oxygens (including phenoxy) is 1. The van der Waals surface area contributed by atoms with Crippen LogP contribution in [0, 0.1) is 17.8 Å². The first-order valence-corrected chi connectivity index (χ1v) is 7.78. The number of hydrogen-bond donors (Lipinski definition) is 2. The molecule has 3 rings (SSSR count). The molecule has 2 aliphatic carbocycles. The summed E-state index contributed by atoms with van der Waals surface area (Å²) < 4.78 is 7.00. The van der Waals surface area contributed by atoms with Crippen LogP contribution in [0.25, 0.3) is 0 Å². The first-order valence-electron chi connectivity index (χ1n) is 7.78. The van der Waals surface area contributed by atoms with Gasteiger partial charge in [0, 0.05) is 32.7 Å². The summed E-state index contributed by atoms with van der Waals surface area (Å²) in [6.07, 6.45) is 7.65. The number of nitrogens with one attached hydrogen (secondary N) is 1. The van der Waals surface area contributed by atoms with Crippen molar-refractivity contribution in [3.8, 4) is 0 Å². The van der Waals surface area contributed by atoms with Crippen molar-refractivity contribution < 1.29 is 9.53 Å². The maximum Gasteiger partial charge on any atom is 0.225 e. The monoisotopic (exact) mass is 305 g/mol. The van der Waals surface area contributed by atoms with E-state index in [0.717, 1.165) is 18.8 Å². The fourth-order valence-corrected chi connectivity index (χ4v) is 3.49. The molecule has 1 fully saturated rings. The number of aromatic nitrogens is 3. The lowest BCUT2D eigenvalue weighted by Crippen LogP contribution is -2.44. The molecule has 3 N–H and O–H groups in total. The molecule has 0 radical (unpaired) electrons. The van der Waals surface area contributed by atoms with Gasteiger partial charge in [0.2, 0.25) is 5.91 Å². The van der Waals surface area contributed by atoms with Crippen LogP contribution in [0.1, 0.15) is 12.2 Å². The highest BCUT2D eigenvalue weighted by Crippen LogP contribution is 2.42. The summed E-state index contributed by atoms with van der Waals surface area (Å²) in [5.41, 5.74) is 6.16. The van der Waals surface area contributed by atoms with Crippen molar-refractivity contribution in [2.24, 2.45) is 23.5 Å². The van der Waals surface area contributed by atoms with Crippen LogP contribution in [0.3, 0.4) is 0 Å². The van der Waals surface area contributed by atoms with E-state index in [1.807, 2.05) is 4.57 Å². The maximum absolute atomic E-state index is 12.3. The zero-order valence-electron chi connectivity index (χ0n) is 12.8. The molecule has 0 aromatic carbocycles. The molecule has 1 heterocycles. The standard InChI is InChI=1S/C15H23N5O2/c1-22-7-6-20-9-18-19-12(20)4-5-17-15(21)13-10-2-3-11(8-10)14(13)16/h2-3,9-11,13-14H,4-8,16H2,1H3,(H,17,21)/t10-,11+,13-,14+/m0/s1. The molecule has 4 atom stereocenters. The lowest BCUT2D eigenvalue weighted by molar-refractivity contribution is -0.126. The number of hydrogen-bond acceptors (Lipinski definition) is 5. The molecule has 0 aliphatic heterocycles. The number of carbonyl (C=O) groups excluding carboxylic acids is 1. The van der Waals surface area contributed by atoms with Gasteiger partial charge >= 0.3 is 0 Å². The number of nitrogens with two attached hydrogens (primary N) is 1. The predicted molar refractivity (Wildman–Crippen MR) is 80.8 cm³/mol. The highest BCUT2D eigenvalue weighted by Gasteiger charge is 2.46. The van der Waals surface area contributed by atoms with E-state index in [0.29, 0.717) is 31.4 Å². The first kappa shape index (κ1) is 15.2. The van der Waals surface area contributed by atoms with Crippen molar-refractivity contribution in [1.29, 1.82) is 0 Å². The van der Waals surface area contributed by atoms with Gasteiger partial charge < -0.3 is 20.4 Å². The third-order valence-electron chi connectivity index (χ3n) is 4.70. The molecule has 0 spiro atoms. The zero-order chi connectivity index (χ0) is 15.5. The lowest BCUT2D eigenvalue weighted by Gasteiger charge is -2.23. The number of carbonyl (C=O) groups is 1. The molecule has 0 saturated heterocycles. The number of rotatable bonds is 7. The summed E-state index contributed by atoms with van der Waals surface area (Å²) in [5, 5.41) is 11.0. The predicted octanol–water partition coefficient (Wildman–Crippen LogP) is -0.267. The van der Waals surface area contributed by atoms with Crippen molar-refractivity contribution in [1.82, 2.24) is 20.1 Å². The first-order chi connectivity index (χ1) is 10.7. The Hall–Kier alpha value is -1.73. The molecule has 1 amide bonds. The molecule has 1 saturated carbocycles. The van der Waals surface area contributed by atoms with Crippen LogP contribution in [-0.4, -0.2) is 47.0 Å². The third kappa shape index (κ3) is 2.91. The van der Waals surface area contributed by atoms with E-state index < -0.39 is 0 Å². The van der Waals surface area contributed by atoms with Crippen molar-refractivity contribution in [3.05, 3.63) is 24.3 Å². The number of nitrogens with zero attached hydrogens (tertiary/aromatic N) is 3. The Morgan fingerprint density at radius 2 is 2.32 bits per heavy atom. The fraction of sp³-hybridized carbons (Fsp3) is 0.667. The second kappa shape index (κ2) is 6.58. The molecule has 1 aromatic heterocycles. The van der Waals surface area contributed by atoms with Crippen LogP contribution < -0.4 is 11.1 Å². The molecule has 2 aliphatic rings. The maximum atomic E-state index is 12.3. The summed E-state index contributed by atoms with van der Waals surface area (Å²) >= 11 is 0. The quantitative estimate of drug-likeness (QED) is 0.676. The molecule has 120 valence electrons. The highest BCUT2D eigenvalue weighted by atomic mass is 16.5. The molecule has 7 heteroatoms. The van der Waals surface area contributed by atoms with Gasteiger partial charge in [-0.1, -0.05) is 12.2 Å². The van der Waals surface area contributed by atoms with Gasteiger partial charge in [-0.25, -0.2) is 0 Å². The van der Waals surface area contributed by atoms with Gasteiger partial charge in [0.25, 0.3) is 0 Å². The molecule has 22 heavy (non-hydrogen) atoms. The summed E-state index contributed by atoms with van der Waals surface area (Å²) in [4.78, 5) is 12.3. The number of allylic oxidation sites excluding steroid dienone is 1. The van der Waals surface area contributed by atoms with Gasteiger partial charge in [0.15, 0.2) is 0 Å². The topological polar surface area (TPSA) is 95.1 Å². The van der Waals surface area contributed by atoms with Crippen molar-refractivity contribution >= 4 is 5.91 Å². The molecular weight excluding hydrogens is 282 g/mol. The zero-order valence-corrected chi connectivity index (χ0v) is 12.8. The summed E-state index contributed by atoms with van der Waals surface area (Å²) in [5.74, 6) is 1.52. The van der Waals surface area contributed by atoms with Crippen molar-refractivity contribution in [3.63, 3.8) is 0 Å². The number of methoxy groups -OCH3 is 1. The molecule has 7 nitrogen and oxygen atoms in total. The molecule has 1 aromatic rings. The van der Waals surface area contributed by atoms with Gasteiger partial charge in [0.1, 0.15) is 12.2 Å². The normalized spacial score (nSPS) is 29.2. The van der Waals surface area contributed by atoms with E-state index in [2.05, 4.69) is 27.7 Å². The minimum atomic E-state index is -0.0821. The molecular formula is C15H23N5O2. The van der Waals surface area contributed by atoms with E-state index in [1.54, 1.807) is 13.4 Å². The Kier molecular flexibility index (Phi) is 4.54. The SMILES string of the molecule is COCCn1cnnc1CCNC(=O)[C@@H]1[C@H](N)[C@@H]2C=C[C@H]1C2. The van der Waals surface area contributed by atoms with E-state index in [4.69, 9.17) is 10.5 Å². The molecule has 0 unspecified atom stereocenters. The van der Waals surface area contributed by atoms with Crippen LogP contribution in [0.2, 0.25) is 0 Å². The highest BCUT2D eigenvalue weighted by molar-refractivity contribution is 5.80. The van der Waals surface area contributed by atoms with E-state index >= 15 is 0 Å². The van der Waals surface area contributed by atoms with E-state index in [9.17, 15) is 4.79 Å². The number of amides is 1. The average Bonchev–Trinajstić information content (AvgIpc) is 3.20. The minimum Gasteiger partial charge on any atom is -0.383 e. The smallest absolute Gasteiger partial charge is 0.225 e. The van der Waals surface area contributed by atoms with Crippen molar-refractivity contribution in [2.75, 3.05) is 20.3 Å². The van der Waals surface area contributed by atoms with E-state index in [1.165, 1.54) is 0 Å². The summed E-state index contributed by atoms with van der Waals surface area (Å²) in [6, 6.07) is -0.0413. The molecule has 2 bridgehead atoms. The Morgan fingerprint density at radius 1 is 1.50 bits per heavy atom. The lowest BCUT2D eigenvalue weighted by atomic mass is 9.89. The number of fused-ring (bicyclic) bond motifs is 2. The van der Waals surface area contributed by atoms with Gasteiger partial charge in [-0.2, -0.15) is 0 Å². The van der Waals surface area contributed by atoms with Crippen molar-refractivity contribution in [2.45, 2.75) is 25.4 Å². The Labute approximate surface area is 129 Å². The largest absolute Gasteiger partial charge is 0.383 e. The van der Waals surface area contributed by atoms with Crippen LogP contribution >= 0.6 is 0 Å². The van der Waals surface area contributed by atoms with Gasteiger partial charge in [-0.3, -0.25) is 4.79 Å². The Balaban J connectivity index is 1.48. The summed E-state index contributed by atoms with van der Waals surface area (Å²) in [7, 11) is 1.66. The average molecular weight is 305 g/mol. The second-order valence-corrected chi connectivity index (χ2v) is 6.03.